The summed E-state index contributed by atoms with van der Waals surface area (Å²) in [5.74, 6) is -0.427. The first kappa shape index (κ1) is 29.9. The minimum Gasteiger partial charge on any atom is -0.357 e. The molecule has 4 unspecified atom stereocenters. The van der Waals surface area contributed by atoms with Gasteiger partial charge < -0.3 is 14.5 Å². The van der Waals surface area contributed by atoms with Crippen molar-refractivity contribution < 1.29 is 17.9 Å². The first-order valence-corrected chi connectivity index (χ1v) is 17.6. The van der Waals surface area contributed by atoms with Gasteiger partial charge in [-0.25, -0.2) is 8.42 Å². The van der Waals surface area contributed by atoms with Gasteiger partial charge in [0.25, 0.3) is 0 Å². The molecule has 3 aromatic carbocycles. The van der Waals surface area contributed by atoms with Gasteiger partial charge in [-0.05, 0) is 71.8 Å². The van der Waals surface area contributed by atoms with Crippen molar-refractivity contribution in [2.75, 3.05) is 6.26 Å². The molecular formula is C37H35ClN2O4S. The Hall–Kier alpha value is -3.75. The molecule has 1 saturated carbocycles. The van der Waals surface area contributed by atoms with E-state index >= 15 is 0 Å². The van der Waals surface area contributed by atoms with Crippen LogP contribution in [0.2, 0.25) is 5.02 Å². The monoisotopic (exact) mass is 638 g/mol. The van der Waals surface area contributed by atoms with Gasteiger partial charge in [0, 0.05) is 36.9 Å². The molecular weight excluding hydrogens is 604 g/mol. The molecule has 3 heterocycles. The number of halogens is 1. The van der Waals surface area contributed by atoms with Gasteiger partial charge in [0.15, 0.2) is 15.6 Å². The van der Waals surface area contributed by atoms with Crippen LogP contribution < -0.4 is 0 Å². The lowest BCUT2D eigenvalue weighted by atomic mass is 9.85. The van der Waals surface area contributed by atoms with Gasteiger partial charge in [0.05, 0.1) is 21.3 Å². The summed E-state index contributed by atoms with van der Waals surface area (Å²) in [6.07, 6.45) is 5.89. The van der Waals surface area contributed by atoms with Gasteiger partial charge in [-0.15, -0.1) is 0 Å². The summed E-state index contributed by atoms with van der Waals surface area (Å²) in [5.41, 5.74) is 5.99. The van der Waals surface area contributed by atoms with Gasteiger partial charge in [0.1, 0.15) is 12.2 Å². The number of rotatable bonds is 8. The summed E-state index contributed by atoms with van der Waals surface area (Å²) < 4.78 is 38.4. The average Bonchev–Trinajstić information content (AvgIpc) is 3.79. The molecule has 8 heteroatoms. The van der Waals surface area contributed by atoms with Crippen LogP contribution in [0.15, 0.2) is 120 Å². The van der Waals surface area contributed by atoms with Crippen LogP contribution in [-0.4, -0.2) is 30.4 Å². The summed E-state index contributed by atoms with van der Waals surface area (Å²) in [4.78, 5) is 8.25. The minimum atomic E-state index is -3.45. The Morgan fingerprint density at radius 1 is 0.889 bits per heavy atom. The number of hydrogen-bond acceptors (Lipinski definition) is 5. The van der Waals surface area contributed by atoms with Crippen molar-refractivity contribution in [3.63, 3.8) is 0 Å². The Kier molecular flexibility index (Phi) is 8.12. The van der Waals surface area contributed by atoms with Crippen molar-refractivity contribution in [2.45, 2.75) is 54.5 Å². The fraction of sp³-hybridized carbons (Fsp3) is 0.270. The van der Waals surface area contributed by atoms with E-state index in [-0.39, 0.29) is 28.0 Å². The maximum absolute atomic E-state index is 12.3. The van der Waals surface area contributed by atoms with E-state index in [1.165, 1.54) is 6.26 Å². The van der Waals surface area contributed by atoms with E-state index < -0.39 is 15.6 Å². The number of nitrogens with one attached hydrogen (secondary N) is 1. The molecule has 1 aliphatic carbocycles. The number of pyridine rings is 1. The topological polar surface area (TPSA) is 81.3 Å². The smallest absolute Gasteiger partial charge is 0.176 e. The molecule has 2 aromatic heterocycles. The molecule has 6 nitrogen and oxygen atoms in total. The molecule has 1 N–H and O–H groups in total. The van der Waals surface area contributed by atoms with Crippen LogP contribution in [0.25, 0.3) is 11.4 Å². The van der Waals surface area contributed by atoms with Gasteiger partial charge in [-0.1, -0.05) is 84.4 Å². The zero-order chi connectivity index (χ0) is 31.0. The highest BCUT2D eigenvalue weighted by atomic mass is 35.5. The van der Waals surface area contributed by atoms with Crippen LogP contribution in [0.4, 0.5) is 0 Å². The molecule has 0 bridgehead atoms. The van der Waals surface area contributed by atoms with E-state index in [1.807, 2.05) is 66.7 Å². The fourth-order valence-corrected chi connectivity index (χ4v) is 8.30. The Balaban J connectivity index is 1.19. The van der Waals surface area contributed by atoms with Crippen LogP contribution >= 0.6 is 11.6 Å². The molecule has 1 saturated heterocycles. The van der Waals surface area contributed by atoms with E-state index in [4.69, 9.17) is 21.1 Å². The zero-order valence-electron chi connectivity index (χ0n) is 25.0. The van der Waals surface area contributed by atoms with Gasteiger partial charge in [-0.3, -0.25) is 4.98 Å². The van der Waals surface area contributed by atoms with E-state index in [2.05, 4.69) is 40.3 Å². The molecule has 230 valence electrons. The number of benzene rings is 3. The SMILES string of the molecule is CS(=O)(=O)c1ccc(C(CC2CCC3(C2)OC(c2ccccc2)C(c2ccccc2)O3)c2ccc(-c3ccccn3)[nH]2)cc1Cl. The molecule has 1 spiro atoms. The number of sulfone groups is 1. The fourth-order valence-electron chi connectivity index (χ4n) is 6.97. The van der Waals surface area contributed by atoms with Crippen molar-refractivity contribution in [3.8, 4) is 11.4 Å². The molecule has 45 heavy (non-hydrogen) atoms. The summed E-state index contributed by atoms with van der Waals surface area (Å²) >= 11 is 6.57. The molecule has 5 aromatic rings. The summed E-state index contributed by atoms with van der Waals surface area (Å²) in [5, 5.41) is 0.235. The van der Waals surface area contributed by atoms with Gasteiger partial charge in [0.2, 0.25) is 0 Å². The largest absolute Gasteiger partial charge is 0.357 e. The summed E-state index contributed by atoms with van der Waals surface area (Å²) in [6, 6.07) is 36.0. The predicted molar refractivity (Wildman–Crippen MR) is 176 cm³/mol. The molecule has 2 fully saturated rings. The zero-order valence-corrected chi connectivity index (χ0v) is 26.5. The second kappa shape index (κ2) is 12.2. The lowest BCUT2D eigenvalue weighted by Gasteiger charge is -2.25. The van der Waals surface area contributed by atoms with Gasteiger partial charge >= 0.3 is 0 Å². The Morgan fingerprint density at radius 3 is 2.16 bits per heavy atom. The summed E-state index contributed by atoms with van der Waals surface area (Å²) in [7, 11) is -3.45. The van der Waals surface area contributed by atoms with Crippen LogP contribution in [-0.2, 0) is 19.3 Å². The van der Waals surface area contributed by atoms with Crippen molar-refractivity contribution in [3.05, 3.63) is 143 Å². The van der Waals surface area contributed by atoms with E-state index in [9.17, 15) is 8.42 Å². The van der Waals surface area contributed by atoms with E-state index in [0.717, 1.165) is 59.5 Å². The Labute approximate surface area is 269 Å². The molecule has 1 aliphatic heterocycles. The second-order valence-electron chi connectivity index (χ2n) is 12.2. The van der Waals surface area contributed by atoms with Crippen molar-refractivity contribution in [1.82, 2.24) is 9.97 Å². The molecule has 4 atom stereocenters. The van der Waals surface area contributed by atoms with Crippen LogP contribution in [0.5, 0.6) is 0 Å². The second-order valence-corrected chi connectivity index (χ2v) is 14.6. The highest BCUT2D eigenvalue weighted by Gasteiger charge is 2.52. The van der Waals surface area contributed by atoms with Gasteiger partial charge in [-0.2, -0.15) is 0 Å². The number of aromatic amines is 1. The normalized spacial score (nSPS) is 23.8. The van der Waals surface area contributed by atoms with Crippen molar-refractivity contribution in [1.29, 1.82) is 0 Å². The Morgan fingerprint density at radius 2 is 1.56 bits per heavy atom. The maximum Gasteiger partial charge on any atom is 0.176 e. The molecule has 0 amide bonds. The average molecular weight is 639 g/mol. The van der Waals surface area contributed by atoms with Crippen LogP contribution in [0, 0.1) is 5.92 Å². The highest BCUT2D eigenvalue weighted by Crippen LogP contribution is 2.55. The van der Waals surface area contributed by atoms with E-state index in [1.54, 1.807) is 18.3 Å². The highest BCUT2D eigenvalue weighted by molar-refractivity contribution is 7.90. The summed E-state index contributed by atoms with van der Waals surface area (Å²) in [6.45, 7) is 0. The minimum absolute atomic E-state index is 0.0510. The van der Waals surface area contributed by atoms with E-state index in [0.29, 0.717) is 5.92 Å². The number of ether oxygens (including phenoxy) is 2. The maximum atomic E-state index is 12.3. The Bertz CT molecular complexity index is 1830. The lowest BCUT2D eigenvalue weighted by Crippen LogP contribution is -2.26. The quantitative estimate of drug-likeness (QED) is 0.184. The standard InChI is InChI=1S/C37H35ClN2O4S/c1-45(41,42)34-18-15-28(23-30(34)38)29(31-16-17-33(40-31)32-14-8-9-21-39-32)22-25-19-20-37(24-25)43-35(26-10-4-2-5-11-26)36(44-37)27-12-6-3-7-13-27/h2-18,21,23,25,29,35-36,40H,19-20,22,24H2,1H3. The first-order valence-electron chi connectivity index (χ1n) is 15.3. The predicted octanol–water partition coefficient (Wildman–Crippen LogP) is 8.68. The number of hydrogen-bond donors (Lipinski definition) is 1. The third-order valence-electron chi connectivity index (χ3n) is 9.10. The number of nitrogens with zero attached hydrogens (tertiary/aromatic N) is 1. The number of aromatic nitrogens is 2. The first-order chi connectivity index (χ1) is 21.8. The molecule has 7 rings (SSSR count). The molecule has 2 aliphatic rings. The number of H-pyrrole nitrogens is 1. The third-order valence-corrected chi connectivity index (χ3v) is 10.7. The lowest BCUT2D eigenvalue weighted by molar-refractivity contribution is -0.172. The third kappa shape index (κ3) is 6.23. The molecule has 0 radical (unpaired) electrons. The van der Waals surface area contributed by atoms with Crippen molar-refractivity contribution >= 4 is 21.4 Å². The van der Waals surface area contributed by atoms with Crippen LogP contribution in [0.1, 0.15) is 66.2 Å². The van der Waals surface area contributed by atoms with Crippen LogP contribution in [0.3, 0.4) is 0 Å². The van der Waals surface area contributed by atoms with Crippen molar-refractivity contribution in [2.24, 2.45) is 5.92 Å².